The van der Waals surface area contributed by atoms with Crippen LogP contribution in [0.3, 0.4) is 0 Å². The Balaban J connectivity index is 4.20. The molecule has 0 aliphatic rings. The number of rotatable bonds is 6. The minimum atomic E-state index is -1.22. The van der Waals surface area contributed by atoms with E-state index in [1.54, 1.807) is 13.8 Å². The van der Waals surface area contributed by atoms with Crippen LogP contribution in [0.5, 0.6) is 0 Å². The molecule has 0 bridgehead atoms. The van der Waals surface area contributed by atoms with E-state index in [4.69, 9.17) is 9.84 Å². The van der Waals surface area contributed by atoms with Gasteiger partial charge in [-0.3, -0.25) is 4.79 Å². The second kappa shape index (κ2) is 5.28. The van der Waals surface area contributed by atoms with Crippen molar-refractivity contribution in [3.63, 3.8) is 0 Å². The summed E-state index contributed by atoms with van der Waals surface area (Å²) in [6.07, 6.45) is 1.53. The topological polar surface area (TPSA) is 66.8 Å². The lowest BCUT2D eigenvalue weighted by Gasteiger charge is -2.25. The fraction of sp³-hybridized carbons (Fsp3) is 0.727. The molecular formula is C11H20O4. The van der Waals surface area contributed by atoms with Crippen molar-refractivity contribution in [2.75, 3.05) is 6.61 Å². The molecule has 4 nitrogen and oxygen atoms in total. The van der Waals surface area contributed by atoms with E-state index in [1.165, 1.54) is 13.0 Å². The summed E-state index contributed by atoms with van der Waals surface area (Å²) in [5, 5.41) is 18.3. The molecule has 0 aromatic heterocycles. The third kappa shape index (κ3) is 6.25. The van der Waals surface area contributed by atoms with E-state index in [-0.39, 0.29) is 19.4 Å². The Bertz CT molecular complexity index is 231. The van der Waals surface area contributed by atoms with Gasteiger partial charge in [0.05, 0.1) is 12.0 Å². The maximum atomic E-state index is 11.4. The van der Waals surface area contributed by atoms with Gasteiger partial charge < -0.3 is 14.9 Å². The molecule has 2 N–H and O–H groups in total. The van der Waals surface area contributed by atoms with Crippen LogP contribution in [0.15, 0.2) is 12.7 Å². The first-order chi connectivity index (χ1) is 6.72. The van der Waals surface area contributed by atoms with E-state index in [2.05, 4.69) is 6.58 Å². The van der Waals surface area contributed by atoms with Gasteiger partial charge >= 0.3 is 5.97 Å². The van der Waals surface area contributed by atoms with E-state index >= 15 is 0 Å². The molecule has 0 aliphatic heterocycles. The number of aliphatic hydroxyl groups is 2. The molecule has 88 valence electrons. The number of carbonyl (C=O) groups is 1. The first kappa shape index (κ1) is 14.1. The second-order valence-electron chi connectivity index (χ2n) is 4.43. The summed E-state index contributed by atoms with van der Waals surface area (Å²) in [6, 6.07) is 0. The van der Waals surface area contributed by atoms with Crippen LogP contribution < -0.4 is 0 Å². The van der Waals surface area contributed by atoms with Crippen LogP contribution >= 0.6 is 0 Å². The molecule has 4 heteroatoms. The van der Waals surface area contributed by atoms with Gasteiger partial charge in [-0.25, -0.2) is 0 Å². The highest BCUT2D eigenvalue weighted by molar-refractivity contribution is 5.71. The molecule has 0 fully saturated rings. The van der Waals surface area contributed by atoms with Gasteiger partial charge in [0.1, 0.15) is 5.60 Å². The highest BCUT2D eigenvalue weighted by atomic mass is 16.6. The number of carbonyl (C=O) groups excluding carboxylic acids is 1. The predicted octanol–water partition coefficient (Wildman–Crippen LogP) is 1.02. The lowest BCUT2D eigenvalue weighted by Crippen LogP contribution is -2.33. The number of aliphatic hydroxyl groups excluding tert-OH is 1. The fourth-order valence-corrected chi connectivity index (χ4v) is 1.01. The van der Waals surface area contributed by atoms with Gasteiger partial charge in [0.2, 0.25) is 0 Å². The minimum absolute atomic E-state index is 0.134. The van der Waals surface area contributed by atoms with Crippen molar-refractivity contribution >= 4 is 5.97 Å². The molecule has 0 unspecified atom stereocenters. The predicted molar refractivity (Wildman–Crippen MR) is 57.3 cm³/mol. The summed E-state index contributed by atoms with van der Waals surface area (Å²) in [7, 11) is 0. The largest absolute Gasteiger partial charge is 0.455 e. The van der Waals surface area contributed by atoms with Crippen LogP contribution in [0.4, 0.5) is 0 Å². The molecular weight excluding hydrogens is 196 g/mol. The van der Waals surface area contributed by atoms with Gasteiger partial charge in [0.25, 0.3) is 0 Å². The Hall–Kier alpha value is -0.870. The molecule has 0 amide bonds. The van der Waals surface area contributed by atoms with E-state index in [9.17, 15) is 9.90 Å². The van der Waals surface area contributed by atoms with Crippen LogP contribution in [-0.4, -0.2) is 34.0 Å². The normalized spacial score (nSPS) is 15.5. The van der Waals surface area contributed by atoms with Gasteiger partial charge in [-0.15, -0.1) is 0 Å². The van der Waals surface area contributed by atoms with Gasteiger partial charge in [0.15, 0.2) is 0 Å². The first-order valence-electron chi connectivity index (χ1n) is 4.91. The molecule has 0 spiro atoms. The summed E-state index contributed by atoms with van der Waals surface area (Å²) < 4.78 is 5.07. The lowest BCUT2D eigenvalue weighted by atomic mass is 9.98. The summed E-state index contributed by atoms with van der Waals surface area (Å²) in [4.78, 5) is 11.4. The van der Waals surface area contributed by atoms with Crippen molar-refractivity contribution in [3.05, 3.63) is 12.7 Å². The average molecular weight is 216 g/mol. The molecule has 0 radical (unpaired) electrons. The zero-order valence-electron chi connectivity index (χ0n) is 9.62. The zero-order valence-corrected chi connectivity index (χ0v) is 9.62. The van der Waals surface area contributed by atoms with Gasteiger partial charge in [0, 0.05) is 6.61 Å². The van der Waals surface area contributed by atoms with Gasteiger partial charge in [-0.2, -0.15) is 0 Å². The van der Waals surface area contributed by atoms with Crippen LogP contribution in [0.2, 0.25) is 0 Å². The van der Waals surface area contributed by atoms with Crippen LogP contribution in [-0.2, 0) is 9.53 Å². The number of ether oxygens (including phenoxy) is 1. The zero-order chi connectivity index (χ0) is 12.1. The van der Waals surface area contributed by atoms with E-state index in [0.717, 1.165) is 0 Å². The van der Waals surface area contributed by atoms with Crippen molar-refractivity contribution in [2.24, 2.45) is 0 Å². The van der Waals surface area contributed by atoms with Crippen molar-refractivity contribution in [2.45, 2.75) is 44.8 Å². The van der Waals surface area contributed by atoms with E-state index in [0.29, 0.717) is 0 Å². The van der Waals surface area contributed by atoms with Crippen molar-refractivity contribution in [1.29, 1.82) is 0 Å². The molecule has 0 rings (SSSR count). The SMILES string of the molecule is C=CC(C)(C)OC(=O)C[C@](C)(O)CCO. The molecule has 0 saturated carbocycles. The van der Waals surface area contributed by atoms with Crippen molar-refractivity contribution < 1.29 is 19.7 Å². The molecule has 0 aliphatic carbocycles. The van der Waals surface area contributed by atoms with Gasteiger partial charge in [-0.1, -0.05) is 6.58 Å². The Morgan fingerprint density at radius 2 is 2.00 bits per heavy atom. The Morgan fingerprint density at radius 3 is 2.40 bits per heavy atom. The minimum Gasteiger partial charge on any atom is -0.455 e. The molecule has 15 heavy (non-hydrogen) atoms. The van der Waals surface area contributed by atoms with E-state index < -0.39 is 17.2 Å². The van der Waals surface area contributed by atoms with Crippen molar-refractivity contribution in [1.82, 2.24) is 0 Å². The second-order valence-corrected chi connectivity index (χ2v) is 4.43. The third-order valence-corrected chi connectivity index (χ3v) is 2.04. The molecule has 1 atom stereocenters. The number of hydrogen-bond acceptors (Lipinski definition) is 4. The maximum Gasteiger partial charge on any atom is 0.309 e. The maximum absolute atomic E-state index is 11.4. The lowest BCUT2D eigenvalue weighted by molar-refractivity contribution is -0.157. The Kier molecular flexibility index (Phi) is 4.97. The van der Waals surface area contributed by atoms with Crippen LogP contribution in [0.25, 0.3) is 0 Å². The number of hydrogen-bond donors (Lipinski definition) is 2. The summed E-state index contributed by atoms with van der Waals surface area (Å²) >= 11 is 0. The van der Waals surface area contributed by atoms with Crippen molar-refractivity contribution in [3.8, 4) is 0 Å². The average Bonchev–Trinajstić information content (AvgIpc) is 2.01. The summed E-state index contributed by atoms with van der Waals surface area (Å²) in [5.74, 6) is -0.502. The van der Waals surface area contributed by atoms with E-state index in [1.807, 2.05) is 0 Å². The molecule has 0 aromatic rings. The Labute approximate surface area is 90.6 Å². The summed E-state index contributed by atoms with van der Waals surface area (Å²) in [6.45, 7) is 8.28. The first-order valence-corrected chi connectivity index (χ1v) is 4.91. The number of esters is 1. The summed E-state index contributed by atoms with van der Waals surface area (Å²) in [5.41, 5.74) is -1.95. The third-order valence-electron chi connectivity index (χ3n) is 2.04. The molecule has 0 aromatic carbocycles. The van der Waals surface area contributed by atoms with Crippen LogP contribution in [0.1, 0.15) is 33.6 Å². The molecule has 0 heterocycles. The smallest absolute Gasteiger partial charge is 0.309 e. The standard InChI is InChI=1S/C11H20O4/c1-5-10(2,3)15-9(13)8-11(4,14)6-7-12/h5,12,14H,1,6-8H2,2-4H3/t11-/m1/s1. The monoisotopic (exact) mass is 216 g/mol. The van der Waals surface area contributed by atoms with Crippen LogP contribution in [0, 0.1) is 0 Å². The highest BCUT2D eigenvalue weighted by Gasteiger charge is 2.27. The highest BCUT2D eigenvalue weighted by Crippen LogP contribution is 2.18. The quantitative estimate of drug-likeness (QED) is 0.514. The fourth-order valence-electron chi connectivity index (χ4n) is 1.01. The Morgan fingerprint density at radius 1 is 1.47 bits per heavy atom. The van der Waals surface area contributed by atoms with Gasteiger partial charge in [-0.05, 0) is 33.3 Å². The molecule has 0 saturated heterocycles.